The lowest BCUT2D eigenvalue weighted by Gasteiger charge is -2.25. The van der Waals surface area contributed by atoms with E-state index in [4.69, 9.17) is 0 Å². The molecule has 86 valence electrons. The first-order valence-corrected chi connectivity index (χ1v) is 6.13. The van der Waals surface area contributed by atoms with Crippen molar-refractivity contribution in [3.63, 3.8) is 0 Å². The first-order chi connectivity index (χ1) is 7.58. The van der Waals surface area contributed by atoms with Gasteiger partial charge >= 0.3 is 0 Å². The number of carbonyl (C=O) groups is 1. The lowest BCUT2D eigenvalue weighted by molar-refractivity contribution is -0.129. The highest BCUT2D eigenvalue weighted by molar-refractivity contribution is 7.81. The molecule has 1 heterocycles. The van der Waals surface area contributed by atoms with Crippen LogP contribution in [0.2, 0.25) is 0 Å². The van der Waals surface area contributed by atoms with Gasteiger partial charge in [-0.2, -0.15) is 12.6 Å². The van der Waals surface area contributed by atoms with Crippen LogP contribution in [0.5, 0.6) is 0 Å². The van der Waals surface area contributed by atoms with E-state index in [0.717, 1.165) is 6.54 Å². The molecular weight excluding hydrogens is 218 g/mol. The van der Waals surface area contributed by atoms with Crippen LogP contribution >= 0.6 is 12.6 Å². The average molecular weight is 235 g/mol. The Hall–Kier alpha value is -0.960. The SMILES string of the molecule is Cc1ccc(C(C)N2CC(S)CC2=O)cc1. The van der Waals surface area contributed by atoms with Gasteiger partial charge < -0.3 is 4.90 Å². The van der Waals surface area contributed by atoms with E-state index in [9.17, 15) is 4.79 Å². The molecule has 2 unspecified atom stereocenters. The smallest absolute Gasteiger partial charge is 0.224 e. The highest BCUT2D eigenvalue weighted by atomic mass is 32.1. The average Bonchev–Trinajstić information content (AvgIpc) is 2.58. The third-order valence-electron chi connectivity index (χ3n) is 3.17. The highest BCUT2D eigenvalue weighted by Gasteiger charge is 2.31. The van der Waals surface area contributed by atoms with Crippen LogP contribution in [0.15, 0.2) is 24.3 Å². The summed E-state index contributed by atoms with van der Waals surface area (Å²) in [5.41, 5.74) is 2.44. The normalized spacial score (nSPS) is 22.6. The second-order valence-electron chi connectivity index (χ2n) is 4.49. The van der Waals surface area contributed by atoms with Crippen molar-refractivity contribution in [1.29, 1.82) is 0 Å². The molecule has 1 aliphatic heterocycles. The molecule has 1 aliphatic rings. The standard InChI is InChI=1S/C13H17NOS/c1-9-3-5-11(6-4-9)10(2)14-8-12(16)7-13(14)15/h3-6,10,12,16H,7-8H2,1-2H3. The Morgan fingerprint density at radius 2 is 2.00 bits per heavy atom. The molecule has 1 fully saturated rings. The van der Waals surface area contributed by atoms with Crippen LogP contribution in [0.3, 0.4) is 0 Å². The van der Waals surface area contributed by atoms with Crippen LogP contribution in [0, 0.1) is 6.92 Å². The molecule has 3 heteroatoms. The van der Waals surface area contributed by atoms with Crippen molar-refractivity contribution in [3.8, 4) is 0 Å². The Bertz CT molecular complexity index is 387. The van der Waals surface area contributed by atoms with Gasteiger partial charge in [0.1, 0.15) is 0 Å². The van der Waals surface area contributed by atoms with Gasteiger partial charge in [0.05, 0.1) is 6.04 Å². The van der Waals surface area contributed by atoms with E-state index in [1.54, 1.807) is 0 Å². The van der Waals surface area contributed by atoms with Gasteiger partial charge in [-0.05, 0) is 19.4 Å². The number of hydrogen-bond donors (Lipinski definition) is 1. The van der Waals surface area contributed by atoms with Gasteiger partial charge in [0.25, 0.3) is 0 Å². The molecule has 0 bridgehead atoms. The minimum Gasteiger partial charge on any atom is -0.335 e. The Labute approximate surface area is 102 Å². The number of amides is 1. The molecule has 2 atom stereocenters. The zero-order chi connectivity index (χ0) is 11.7. The Morgan fingerprint density at radius 1 is 1.38 bits per heavy atom. The molecule has 16 heavy (non-hydrogen) atoms. The largest absolute Gasteiger partial charge is 0.335 e. The summed E-state index contributed by atoms with van der Waals surface area (Å²) < 4.78 is 0. The van der Waals surface area contributed by atoms with Gasteiger partial charge in [0.15, 0.2) is 0 Å². The van der Waals surface area contributed by atoms with E-state index < -0.39 is 0 Å². The van der Waals surface area contributed by atoms with Crippen LogP contribution in [0.1, 0.15) is 30.5 Å². The van der Waals surface area contributed by atoms with Crippen LogP contribution in [-0.2, 0) is 4.79 Å². The van der Waals surface area contributed by atoms with E-state index in [2.05, 4.69) is 50.7 Å². The minimum atomic E-state index is 0.158. The number of nitrogens with zero attached hydrogens (tertiary/aromatic N) is 1. The quantitative estimate of drug-likeness (QED) is 0.781. The summed E-state index contributed by atoms with van der Waals surface area (Å²) in [5, 5.41) is 0.195. The van der Waals surface area contributed by atoms with Gasteiger partial charge in [0.2, 0.25) is 5.91 Å². The maximum absolute atomic E-state index is 11.7. The minimum absolute atomic E-state index is 0.158. The van der Waals surface area contributed by atoms with Gasteiger partial charge in [-0.3, -0.25) is 4.79 Å². The summed E-state index contributed by atoms with van der Waals surface area (Å²) >= 11 is 4.37. The topological polar surface area (TPSA) is 20.3 Å². The zero-order valence-corrected chi connectivity index (χ0v) is 10.6. The van der Waals surface area contributed by atoms with E-state index in [1.807, 2.05) is 4.90 Å². The summed E-state index contributed by atoms with van der Waals surface area (Å²) in [6.45, 7) is 4.91. The number of thiol groups is 1. The molecular formula is C13H17NOS. The fourth-order valence-electron chi connectivity index (χ4n) is 2.11. The monoisotopic (exact) mass is 235 g/mol. The molecule has 1 aromatic rings. The fraction of sp³-hybridized carbons (Fsp3) is 0.462. The van der Waals surface area contributed by atoms with Gasteiger partial charge in [-0.25, -0.2) is 0 Å². The van der Waals surface area contributed by atoms with E-state index in [1.165, 1.54) is 11.1 Å². The summed E-state index contributed by atoms with van der Waals surface area (Å²) in [6.07, 6.45) is 0.569. The van der Waals surface area contributed by atoms with Crippen molar-refractivity contribution in [2.75, 3.05) is 6.54 Å². The van der Waals surface area contributed by atoms with Crippen LogP contribution in [0.4, 0.5) is 0 Å². The van der Waals surface area contributed by atoms with Crippen molar-refractivity contribution >= 4 is 18.5 Å². The number of carbonyl (C=O) groups excluding carboxylic acids is 1. The predicted molar refractivity (Wildman–Crippen MR) is 68.7 cm³/mol. The second kappa shape index (κ2) is 4.50. The number of rotatable bonds is 2. The van der Waals surface area contributed by atoms with Crippen LogP contribution < -0.4 is 0 Å². The molecule has 0 saturated carbocycles. The Morgan fingerprint density at radius 3 is 2.50 bits per heavy atom. The number of likely N-dealkylation sites (tertiary alicyclic amines) is 1. The summed E-state index contributed by atoms with van der Waals surface area (Å²) in [7, 11) is 0. The lowest BCUT2D eigenvalue weighted by Crippen LogP contribution is -2.28. The van der Waals surface area contributed by atoms with Gasteiger partial charge in [-0.1, -0.05) is 29.8 Å². The summed E-state index contributed by atoms with van der Waals surface area (Å²) in [5.74, 6) is 0.216. The first-order valence-electron chi connectivity index (χ1n) is 5.62. The maximum Gasteiger partial charge on any atom is 0.224 e. The number of hydrogen-bond acceptors (Lipinski definition) is 2. The fourth-order valence-corrected chi connectivity index (χ4v) is 2.44. The van der Waals surface area contributed by atoms with E-state index >= 15 is 0 Å². The van der Waals surface area contributed by atoms with Gasteiger partial charge in [-0.15, -0.1) is 0 Å². The zero-order valence-electron chi connectivity index (χ0n) is 9.68. The molecule has 0 radical (unpaired) electrons. The Kier molecular flexibility index (Phi) is 3.24. The van der Waals surface area contributed by atoms with Crippen molar-refractivity contribution in [2.24, 2.45) is 0 Å². The highest BCUT2D eigenvalue weighted by Crippen LogP contribution is 2.27. The van der Waals surface area contributed by atoms with Crippen LogP contribution in [0.25, 0.3) is 0 Å². The predicted octanol–water partition coefficient (Wildman–Crippen LogP) is 2.59. The van der Waals surface area contributed by atoms with Crippen LogP contribution in [-0.4, -0.2) is 22.6 Å². The molecule has 0 aromatic heterocycles. The third-order valence-corrected chi connectivity index (χ3v) is 3.51. The second-order valence-corrected chi connectivity index (χ2v) is 5.22. The number of aryl methyl sites for hydroxylation is 1. The third kappa shape index (κ3) is 2.24. The lowest BCUT2D eigenvalue weighted by atomic mass is 10.1. The van der Waals surface area contributed by atoms with E-state index in [-0.39, 0.29) is 17.2 Å². The molecule has 0 spiro atoms. The molecule has 2 rings (SSSR count). The molecule has 0 aliphatic carbocycles. The van der Waals surface area contributed by atoms with Crippen molar-refractivity contribution in [2.45, 2.75) is 31.6 Å². The molecule has 1 aromatic carbocycles. The molecule has 1 saturated heterocycles. The van der Waals surface area contributed by atoms with Crippen molar-refractivity contribution in [1.82, 2.24) is 4.90 Å². The van der Waals surface area contributed by atoms with Gasteiger partial charge in [0, 0.05) is 18.2 Å². The first kappa shape index (κ1) is 11.5. The molecule has 0 N–H and O–H groups in total. The molecule has 2 nitrogen and oxygen atoms in total. The molecule has 1 amide bonds. The maximum atomic E-state index is 11.7. The summed E-state index contributed by atoms with van der Waals surface area (Å²) in [6, 6.07) is 8.53. The number of benzene rings is 1. The Balaban J connectivity index is 2.16. The van der Waals surface area contributed by atoms with E-state index in [0.29, 0.717) is 6.42 Å². The van der Waals surface area contributed by atoms with Crippen molar-refractivity contribution in [3.05, 3.63) is 35.4 Å². The summed E-state index contributed by atoms with van der Waals surface area (Å²) in [4.78, 5) is 13.7. The van der Waals surface area contributed by atoms with Crippen molar-refractivity contribution < 1.29 is 4.79 Å².